The normalized spacial score (nSPS) is 12.9. The summed E-state index contributed by atoms with van der Waals surface area (Å²) in [5.41, 5.74) is -1.36. The van der Waals surface area contributed by atoms with Crippen molar-refractivity contribution in [1.82, 2.24) is 9.97 Å². The third-order valence-electron chi connectivity index (χ3n) is 1.56. The van der Waals surface area contributed by atoms with Gasteiger partial charge in [-0.2, -0.15) is 0 Å². The topological polar surface area (TPSA) is 65.7 Å². The summed E-state index contributed by atoms with van der Waals surface area (Å²) in [7, 11) is 0. The van der Waals surface area contributed by atoms with E-state index in [4.69, 9.17) is 0 Å². The van der Waals surface area contributed by atoms with Crippen molar-refractivity contribution in [3.05, 3.63) is 56.7 Å². The van der Waals surface area contributed by atoms with Crippen LogP contribution in [0.25, 0.3) is 12.2 Å². The van der Waals surface area contributed by atoms with E-state index in [1.807, 2.05) is 0 Å². The maximum Gasteiger partial charge on any atom is 0.314 e. The van der Waals surface area contributed by atoms with Gasteiger partial charge in [-0.3, -0.25) is 9.59 Å². The minimum Gasteiger partial charge on any atom is -0.316 e. The highest BCUT2D eigenvalue weighted by Gasteiger charge is 1.92. The summed E-state index contributed by atoms with van der Waals surface area (Å²) < 4.78 is 0. The van der Waals surface area contributed by atoms with Gasteiger partial charge >= 0.3 is 11.1 Å². The molecule has 0 aliphatic rings. The Morgan fingerprint density at radius 2 is 1.21 bits per heavy atom. The summed E-state index contributed by atoms with van der Waals surface area (Å²) in [6.07, 6.45) is 6.22. The summed E-state index contributed by atoms with van der Waals surface area (Å²) in [5, 5.41) is 1.01. The molecule has 0 aliphatic heterocycles. The lowest BCUT2D eigenvalue weighted by Gasteiger charge is -1.88. The molecule has 1 aromatic heterocycles. The molecule has 4 nitrogen and oxygen atoms in total. The van der Waals surface area contributed by atoms with Crippen molar-refractivity contribution < 1.29 is 0 Å². The zero-order valence-corrected chi connectivity index (χ0v) is 7.54. The van der Waals surface area contributed by atoms with Gasteiger partial charge in [0.05, 0.1) is 10.7 Å². The highest BCUT2D eigenvalue weighted by molar-refractivity contribution is 5.37. The Morgan fingerprint density at radius 3 is 1.50 bits per heavy atom. The summed E-state index contributed by atoms with van der Waals surface area (Å²) in [5.74, 6) is 0. The van der Waals surface area contributed by atoms with Crippen LogP contribution in [-0.2, 0) is 0 Å². The Balaban J connectivity index is 3.82. The Kier molecular flexibility index (Phi) is 3.01. The molecule has 1 rings (SSSR count). The van der Waals surface area contributed by atoms with Gasteiger partial charge in [-0.15, -0.1) is 0 Å². The minimum absolute atomic E-state index is 0.504. The SMILES string of the molecule is C=C/C=c1/[nH]c(=O)c(=O)[nH]/c1=C/C=C. The quantitative estimate of drug-likeness (QED) is 0.587. The molecule has 0 atom stereocenters. The van der Waals surface area contributed by atoms with E-state index in [1.54, 1.807) is 12.2 Å². The molecule has 0 unspecified atom stereocenters. The average molecular weight is 190 g/mol. The van der Waals surface area contributed by atoms with Crippen molar-refractivity contribution in [2.45, 2.75) is 0 Å². The Morgan fingerprint density at radius 1 is 0.857 bits per heavy atom. The maximum atomic E-state index is 11.0. The summed E-state index contributed by atoms with van der Waals surface area (Å²) in [6, 6.07) is 0. The molecule has 72 valence electrons. The van der Waals surface area contributed by atoms with E-state index in [9.17, 15) is 9.59 Å². The highest BCUT2D eigenvalue weighted by atomic mass is 16.2. The highest BCUT2D eigenvalue weighted by Crippen LogP contribution is 1.61. The third-order valence-corrected chi connectivity index (χ3v) is 1.56. The number of nitrogens with one attached hydrogen (secondary N) is 2. The fourth-order valence-corrected chi connectivity index (χ4v) is 0.991. The molecule has 0 fully saturated rings. The first-order valence-electron chi connectivity index (χ1n) is 3.97. The van der Waals surface area contributed by atoms with Crippen LogP contribution >= 0.6 is 0 Å². The molecule has 0 aromatic carbocycles. The monoisotopic (exact) mass is 190 g/mol. The predicted octanol–water partition coefficient (Wildman–Crippen LogP) is -1.00. The van der Waals surface area contributed by atoms with Crippen LogP contribution in [0.3, 0.4) is 0 Å². The molecule has 0 amide bonds. The van der Waals surface area contributed by atoms with E-state index >= 15 is 0 Å². The van der Waals surface area contributed by atoms with Crippen LogP contribution in [-0.4, -0.2) is 9.97 Å². The van der Waals surface area contributed by atoms with Gasteiger partial charge in [-0.1, -0.05) is 25.3 Å². The predicted molar refractivity (Wildman–Crippen MR) is 56.3 cm³/mol. The molecule has 1 heterocycles. The van der Waals surface area contributed by atoms with Gasteiger partial charge in [0.1, 0.15) is 0 Å². The first-order chi connectivity index (χ1) is 6.69. The Hall–Kier alpha value is -2.10. The van der Waals surface area contributed by atoms with Crippen LogP contribution in [0.5, 0.6) is 0 Å². The number of H-pyrrole nitrogens is 2. The van der Waals surface area contributed by atoms with E-state index in [0.717, 1.165) is 0 Å². The standard InChI is InChI=1S/C10H10N2O2/c1-3-5-7-8(6-4-2)12-10(14)9(13)11-7/h3-6H,1-2H2,(H,11,13)(H,12,14)/b7-5+,8-6+. The van der Waals surface area contributed by atoms with Crippen molar-refractivity contribution in [2.75, 3.05) is 0 Å². The minimum atomic E-state index is -0.681. The van der Waals surface area contributed by atoms with E-state index in [-0.39, 0.29) is 0 Å². The fraction of sp³-hybridized carbons (Fsp3) is 0. The second-order valence-electron chi connectivity index (χ2n) is 2.54. The van der Waals surface area contributed by atoms with Crippen LogP contribution in [0.4, 0.5) is 0 Å². The molecule has 4 heteroatoms. The molecular formula is C10H10N2O2. The number of allylic oxidation sites excluding steroid dienone is 2. The third kappa shape index (κ3) is 1.98. The summed E-state index contributed by atoms with van der Waals surface area (Å²) in [4.78, 5) is 26.8. The molecule has 0 saturated carbocycles. The number of hydrogen-bond acceptors (Lipinski definition) is 2. The van der Waals surface area contributed by atoms with E-state index in [2.05, 4.69) is 23.1 Å². The van der Waals surface area contributed by atoms with E-state index in [0.29, 0.717) is 10.7 Å². The summed E-state index contributed by atoms with van der Waals surface area (Å²) >= 11 is 0. The van der Waals surface area contributed by atoms with Crippen LogP contribution < -0.4 is 21.8 Å². The first kappa shape index (κ1) is 9.98. The Bertz CT molecular complexity index is 522. The van der Waals surface area contributed by atoms with Crippen molar-refractivity contribution in [2.24, 2.45) is 0 Å². The molecule has 2 N–H and O–H groups in total. The van der Waals surface area contributed by atoms with Gasteiger partial charge in [0.15, 0.2) is 0 Å². The van der Waals surface area contributed by atoms with Crippen molar-refractivity contribution in [3.8, 4) is 0 Å². The zero-order chi connectivity index (χ0) is 10.6. The van der Waals surface area contributed by atoms with Gasteiger partial charge in [0.25, 0.3) is 0 Å². The fourth-order valence-electron chi connectivity index (χ4n) is 0.991. The van der Waals surface area contributed by atoms with E-state index in [1.165, 1.54) is 12.2 Å². The molecule has 1 aromatic rings. The second-order valence-corrected chi connectivity index (χ2v) is 2.54. The number of hydrogen-bond donors (Lipinski definition) is 2. The maximum absolute atomic E-state index is 11.0. The van der Waals surface area contributed by atoms with Crippen LogP contribution in [0.1, 0.15) is 0 Å². The number of aromatic nitrogens is 2. The van der Waals surface area contributed by atoms with E-state index < -0.39 is 11.1 Å². The molecule has 0 spiro atoms. The van der Waals surface area contributed by atoms with Gasteiger partial charge in [-0.05, 0) is 12.2 Å². The van der Waals surface area contributed by atoms with Crippen LogP contribution in [0.2, 0.25) is 0 Å². The van der Waals surface area contributed by atoms with Crippen LogP contribution in [0.15, 0.2) is 34.9 Å². The average Bonchev–Trinajstić information content (AvgIpc) is 2.14. The second kappa shape index (κ2) is 4.23. The molecule has 0 saturated heterocycles. The number of aromatic amines is 2. The lowest BCUT2D eigenvalue weighted by atomic mass is 10.4. The molecule has 0 bridgehead atoms. The molecule has 0 radical (unpaired) electrons. The first-order valence-corrected chi connectivity index (χ1v) is 3.97. The Labute approximate surface area is 79.6 Å². The molecule has 0 aliphatic carbocycles. The largest absolute Gasteiger partial charge is 0.316 e. The molecular weight excluding hydrogens is 180 g/mol. The lowest BCUT2D eigenvalue weighted by Crippen LogP contribution is -2.46. The van der Waals surface area contributed by atoms with Gasteiger partial charge < -0.3 is 9.97 Å². The van der Waals surface area contributed by atoms with Gasteiger partial charge in [0.2, 0.25) is 0 Å². The van der Waals surface area contributed by atoms with Gasteiger partial charge in [-0.25, -0.2) is 0 Å². The number of rotatable bonds is 2. The lowest BCUT2D eigenvalue weighted by molar-refractivity contribution is 1.00. The van der Waals surface area contributed by atoms with Gasteiger partial charge in [0, 0.05) is 0 Å². The van der Waals surface area contributed by atoms with Crippen molar-refractivity contribution >= 4 is 12.2 Å². The smallest absolute Gasteiger partial charge is 0.314 e. The van der Waals surface area contributed by atoms with Crippen molar-refractivity contribution in [1.29, 1.82) is 0 Å². The zero-order valence-electron chi connectivity index (χ0n) is 7.54. The van der Waals surface area contributed by atoms with Crippen LogP contribution in [0, 0.1) is 0 Å². The van der Waals surface area contributed by atoms with Crippen molar-refractivity contribution in [3.63, 3.8) is 0 Å². The molecule has 14 heavy (non-hydrogen) atoms. The summed E-state index contributed by atoms with van der Waals surface area (Å²) in [6.45, 7) is 7.00.